The Kier molecular flexibility index (Phi) is 4.55. The van der Waals surface area contributed by atoms with Crippen LogP contribution in [0.2, 0.25) is 0 Å². The van der Waals surface area contributed by atoms with Crippen molar-refractivity contribution >= 4 is 37.5 Å². The Morgan fingerprint density at radius 1 is 1.44 bits per heavy atom. The molecule has 0 amide bonds. The van der Waals surface area contributed by atoms with E-state index in [1.54, 1.807) is 27.1 Å². The third-order valence-electron chi connectivity index (χ3n) is 2.65. The van der Waals surface area contributed by atoms with E-state index < -0.39 is 14.6 Å². The van der Waals surface area contributed by atoms with Crippen molar-refractivity contribution in [1.29, 1.82) is 0 Å². The maximum Gasteiger partial charge on any atom is 0.224 e. The predicted molar refractivity (Wildman–Crippen MR) is 76.7 cm³/mol. The Bertz CT molecular complexity index is 531. The van der Waals surface area contributed by atoms with Gasteiger partial charge in [0.05, 0.1) is 9.22 Å². The molecule has 0 radical (unpaired) electrons. The molecule has 1 rings (SSSR count). The first-order valence-corrected chi connectivity index (χ1v) is 7.99. The minimum absolute atomic E-state index is 0.268. The molecule has 0 saturated carbocycles. The third-order valence-corrected chi connectivity index (χ3v) is 5.39. The molecule has 0 unspecified atom stereocenters. The molecule has 0 aliphatic carbocycles. The van der Waals surface area contributed by atoms with Crippen LogP contribution >= 0.6 is 15.9 Å². The van der Waals surface area contributed by atoms with E-state index in [0.29, 0.717) is 16.2 Å². The van der Waals surface area contributed by atoms with Gasteiger partial charge >= 0.3 is 0 Å². The lowest BCUT2D eigenvalue weighted by Gasteiger charge is -2.23. The molecule has 0 atom stereocenters. The number of anilines is 2. The van der Waals surface area contributed by atoms with Crippen LogP contribution in [-0.2, 0) is 9.84 Å². The van der Waals surface area contributed by atoms with Gasteiger partial charge in [0.25, 0.3) is 0 Å². The van der Waals surface area contributed by atoms with Gasteiger partial charge in [0.2, 0.25) is 5.95 Å². The summed E-state index contributed by atoms with van der Waals surface area (Å²) in [5.41, 5.74) is 0. The van der Waals surface area contributed by atoms with E-state index in [1.165, 1.54) is 6.26 Å². The number of aromatic nitrogens is 2. The zero-order valence-corrected chi connectivity index (χ0v) is 13.2. The summed E-state index contributed by atoms with van der Waals surface area (Å²) >= 11 is 3.31. The van der Waals surface area contributed by atoms with Crippen LogP contribution in [0.25, 0.3) is 0 Å². The lowest BCUT2D eigenvalue weighted by molar-refractivity contribution is 0.559. The normalized spacial score (nSPS) is 12.3. The minimum atomic E-state index is -3.14. The Morgan fingerprint density at radius 2 is 2.06 bits per heavy atom. The second kappa shape index (κ2) is 5.40. The van der Waals surface area contributed by atoms with Crippen molar-refractivity contribution in [3.05, 3.63) is 10.7 Å². The number of nitrogens with zero attached hydrogens (tertiary/aromatic N) is 2. The molecule has 2 N–H and O–H groups in total. The average molecular weight is 337 g/mol. The van der Waals surface area contributed by atoms with E-state index in [4.69, 9.17) is 0 Å². The van der Waals surface area contributed by atoms with Gasteiger partial charge in [0.1, 0.15) is 5.82 Å². The van der Waals surface area contributed by atoms with Crippen LogP contribution in [0, 0.1) is 0 Å². The fourth-order valence-corrected chi connectivity index (χ4v) is 1.70. The molecule has 0 saturated heterocycles. The SMILES string of the molecule is CNc1ncc(Br)c(NCC(C)(C)S(C)(=O)=O)n1. The van der Waals surface area contributed by atoms with Gasteiger partial charge in [0, 0.05) is 26.0 Å². The Hall–Kier alpha value is -0.890. The Labute approximate surface area is 116 Å². The Balaban J connectivity index is 2.87. The molecule has 8 heteroatoms. The maximum absolute atomic E-state index is 11.6. The quantitative estimate of drug-likeness (QED) is 0.847. The van der Waals surface area contributed by atoms with Crippen LogP contribution < -0.4 is 10.6 Å². The second-order valence-corrected chi connectivity index (χ2v) is 8.03. The van der Waals surface area contributed by atoms with Gasteiger partial charge in [0.15, 0.2) is 9.84 Å². The van der Waals surface area contributed by atoms with Gasteiger partial charge in [-0.3, -0.25) is 0 Å². The van der Waals surface area contributed by atoms with Gasteiger partial charge in [-0.05, 0) is 29.8 Å². The molecular weight excluding hydrogens is 320 g/mol. The molecule has 102 valence electrons. The van der Waals surface area contributed by atoms with Crippen LogP contribution in [0.4, 0.5) is 11.8 Å². The molecule has 0 aromatic carbocycles. The number of halogens is 1. The molecule has 1 aromatic rings. The van der Waals surface area contributed by atoms with E-state index in [1.807, 2.05) is 0 Å². The fraction of sp³-hybridized carbons (Fsp3) is 0.600. The highest BCUT2D eigenvalue weighted by atomic mass is 79.9. The second-order valence-electron chi connectivity index (χ2n) is 4.53. The summed E-state index contributed by atoms with van der Waals surface area (Å²) < 4.78 is 23.0. The molecule has 0 spiro atoms. The van der Waals surface area contributed by atoms with Gasteiger partial charge in [-0.15, -0.1) is 0 Å². The van der Waals surface area contributed by atoms with Crippen molar-refractivity contribution in [3.63, 3.8) is 0 Å². The summed E-state index contributed by atoms with van der Waals surface area (Å²) in [7, 11) is -1.42. The number of sulfone groups is 1. The number of hydrogen-bond acceptors (Lipinski definition) is 6. The highest BCUT2D eigenvalue weighted by Crippen LogP contribution is 2.22. The van der Waals surface area contributed by atoms with Crippen molar-refractivity contribution in [2.45, 2.75) is 18.6 Å². The summed E-state index contributed by atoms with van der Waals surface area (Å²) in [5, 5.41) is 5.84. The lowest BCUT2D eigenvalue weighted by atomic mass is 10.2. The molecule has 0 aliphatic heterocycles. The zero-order chi connectivity index (χ0) is 14.0. The van der Waals surface area contributed by atoms with E-state index in [9.17, 15) is 8.42 Å². The highest BCUT2D eigenvalue weighted by molar-refractivity contribution is 9.10. The number of nitrogens with one attached hydrogen (secondary N) is 2. The summed E-state index contributed by atoms with van der Waals surface area (Å²) in [5.74, 6) is 1.03. The monoisotopic (exact) mass is 336 g/mol. The minimum Gasteiger partial charge on any atom is -0.367 e. The lowest BCUT2D eigenvalue weighted by Crippen LogP contribution is -2.38. The van der Waals surface area contributed by atoms with Crippen molar-refractivity contribution in [1.82, 2.24) is 9.97 Å². The first-order chi connectivity index (χ1) is 8.17. The summed E-state index contributed by atoms with van der Waals surface area (Å²) in [6.07, 6.45) is 2.83. The first kappa shape index (κ1) is 15.2. The van der Waals surface area contributed by atoms with E-state index in [-0.39, 0.29) is 6.54 Å². The standard InChI is InChI=1S/C10H17BrN4O2S/c1-10(2,18(4,16)17)6-14-8-7(11)5-13-9(12-3)15-8/h5H,6H2,1-4H3,(H2,12,13,14,15). The smallest absolute Gasteiger partial charge is 0.224 e. The van der Waals surface area contributed by atoms with Crippen LogP contribution in [-0.4, -0.2) is 43.0 Å². The van der Waals surface area contributed by atoms with Gasteiger partial charge < -0.3 is 10.6 Å². The van der Waals surface area contributed by atoms with Crippen molar-refractivity contribution in [2.24, 2.45) is 0 Å². The fourth-order valence-electron chi connectivity index (χ4n) is 1.04. The third kappa shape index (κ3) is 3.55. The van der Waals surface area contributed by atoms with Crippen LogP contribution in [0.1, 0.15) is 13.8 Å². The predicted octanol–water partition coefficient (Wildman–Crippen LogP) is 1.52. The highest BCUT2D eigenvalue weighted by Gasteiger charge is 2.30. The molecule has 1 aromatic heterocycles. The summed E-state index contributed by atoms with van der Waals surface area (Å²) in [6, 6.07) is 0. The van der Waals surface area contributed by atoms with Crippen molar-refractivity contribution in [2.75, 3.05) is 30.5 Å². The van der Waals surface area contributed by atoms with Crippen LogP contribution in [0.5, 0.6) is 0 Å². The number of hydrogen-bond donors (Lipinski definition) is 2. The molecule has 1 heterocycles. The van der Waals surface area contributed by atoms with Crippen LogP contribution in [0.3, 0.4) is 0 Å². The van der Waals surface area contributed by atoms with Gasteiger partial charge in [-0.1, -0.05) is 0 Å². The molecule has 0 aliphatic rings. The van der Waals surface area contributed by atoms with Crippen LogP contribution in [0.15, 0.2) is 10.7 Å². The van der Waals surface area contributed by atoms with E-state index in [0.717, 1.165) is 0 Å². The average Bonchev–Trinajstić information content (AvgIpc) is 2.26. The molecule has 18 heavy (non-hydrogen) atoms. The van der Waals surface area contributed by atoms with Crippen molar-refractivity contribution in [3.8, 4) is 0 Å². The molecule has 0 fully saturated rings. The largest absolute Gasteiger partial charge is 0.367 e. The summed E-state index contributed by atoms with van der Waals surface area (Å²) in [4.78, 5) is 8.22. The Morgan fingerprint density at radius 3 is 2.56 bits per heavy atom. The molecule has 6 nitrogen and oxygen atoms in total. The molecule has 0 bridgehead atoms. The molecular formula is C10H17BrN4O2S. The van der Waals surface area contributed by atoms with Gasteiger partial charge in [-0.25, -0.2) is 13.4 Å². The van der Waals surface area contributed by atoms with E-state index in [2.05, 4.69) is 36.5 Å². The first-order valence-electron chi connectivity index (χ1n) is 5.31. The van der Waals surface area contributed by atoms with Gasteiger partial charge in [-0.2, -0.15) is 4.98 Å². The van der Waals surface area contributed by atoms with Crippen molar-refractivity contribution < 1.29 is 8.42 Å². The topological polar surface area (TPSA) is 84.0 Å². The van der Waals surface area contributed by atoms with E-state index >= 15 is 0 Å². The maximum atomic E-state index is 11.6. The summed E-state index contributed by atoms with van der Waals surface area (Å²) in [6.45, 7) is 3.61. The zero-order valence-electron chi connectivity index (χ0n) is 10.8. The number of rotatable bonds is 5.